The van der Waals surface area contributed by atoms with Crippen LogP contribution in [0.4, 0.5) is 0 Å². The van der Waals surface area contributed by atoms with Crippen LogP contribution in [0, 0.1) is 46.3 Å². The van der Waals surface area contributed by atoms with Gasteiger partial charge in [0.25, 0.3) is 0 Å². The van der Waals surface area contributed by atoms with E-state index in [4.69, 9.17) is 11.6 Å². The van der Waals surface area contributed by atoms with E-state index in [0.29, 0.717) is 23.2 Å². The number of halogens is 1. The molecule has 4 saturated carbocycles. The van der Waals surface area contributed by atoms with Gasteiger partial charge in [-0.3, -0.25) is 4.79 Å². The van der Waals surface area contributed by atoms with Gasteiger partial charge in [0.05, 0.1) is 0 Å². The highest BCUT2D eigenvalue weighted by atomic mass is 35.5. The molecule has 26 heavy (non-hydrogen) atoms. The second kappa shape index (κ2) is 7.09. The van der Waals surface area contributed by atoms with Crippen molar-refractivity contribution < 1.29 is 4.79 Å². The maximum absolute atomic E-state index is 11.2. The van der Waals surface area contributed by atoms with Crippen molar-refractivity contribution in [3.63, 3.8) is 0 Å². The Morgan fingerprint density at radius 1 is 0.962 bits per heavy atom. The van der Waals surface area contributed by atoms with E-state index in [1.165, 1.54) is 64.2 Å². The number of hydrogen-bond donors (Lipinski definition) is 0. The van der Waals surface area contributed by atoms with Crippen LogP contribution in [-0.2, 0) is 4.79 Å². The molecule has 4 rings (SSSR count). The Kier molecular flexibility index (Phi) is 5.26. The summed E-state index contributed by atoms with van der Waals surface area (Å²) in [6.45, 7) is 7.70. The molecule has 0 heterocycles. The maximum Gasteiger partial charge on any atom is 0.221 e. The van der Waals surface area contributed by atoms with E-state index in [1.807, 2.05) is 0 Å². The van der Waals surface area contributed by atoms with Crippen LogP contribution in [0.5, 0.6) is 0 Å². The summed E-state index contributed by atoms with van der Waals surface area (Å²) in [7, 11) is 0. The monoisotopic (exact) mass is 378 g/mol. The lowest BCUT2D eigenvalue weighted by atomic mass is 9.44. The SMILES string of the molecule is C[C@H](CCC(=O)Cl)[C@H]1CC[C@H]2[C@@H]3CC[C@@H]4CCCC[C@]4(C)[C@H]3CC[C@]12C. The van der Waals surface area contributed by atoms with Gasteiger partial charge >= 0.3 is 0 Å². The number of rotatable bonds is 4. The highest BCUT2D eigenvalue weighted by Gasteiger charge is 2.60. The second-order valence-corrected chi connectivity index (χ2v) is 11.4. The minimum atomic E-state index is -0.149. The number of fused-ring (bicyclic) bond motifs is 5. The predicted octanol–water partition coefficient (Wildman–Crippen LogP) is 7.22. The van der Waals surface area contributed by atoms with Gasteiger partial charge in [0.2, 0.25) is 5.24 Å². The van der Waals surface area contributed by atoms with Crippen molar-refractivity contribution in [2.75, 3.05) is 0 Å². The van der Waals surface area contributed by atoms with Crippen LogP contribution >= 0.6 is 11.6 Å². The smallest absolute Gasteiger partial charge is 0.221 e. The summed E-state index contributed by atoms with van der Waals surface area (Å²) in [4.78, 5) is 11.2. The highest BCUT2D eigenvalue weighted by molar-refractivity contribution is 6.63. The van der Waals surface area contributed by atoms with Crippen molar-refractivity contribution in [2.24, 2.45) is 46.3 Å². The Hall–Kier alpha value is -0.0400. The Morgan fingerprint density at radius 3 is 2.50 bits per heavy atom. The summed E-state index contributed by atoms with van der Waals surface area (Å²) in [5, 5.41) is -0.149. The topological polar surface area (TPSA) is 17.1 Å². The Labute approximate surface area is 166 Å². The summed E-state index contributed by atoms with van der Waals surface area (Å²) in [6, 6.07) is 0. The average molecular weight is 379 g/mol. The van der Waals surface area contributed by atoms with Crippen LogP contribution in [0.25, 0.3) is 0 Å². The van der Waals surface area contributed by atoms with Gasteiger partial charge < -0.3 is 0 Å². The van der Waals surface area contributed by atoms with E-state index < -0.39 is 0 Å². The number of carbonyl (C=O) groups excluding carboxylic acids is 1. The molecule has 4 aliphatic rings. The largest absolute Gasteiger partial charge is 0.281 e. The van der Waals surface area contributed by atoms with Crippen molar-refractivity contribution >= 4 is 16.8 Å². The quantitative estimate of drug-likeness (QED) is 0.472. The molecule has 0 saturated heterocycles. The minimum absolute atomic E-state index is 0.149. The molecule has 148 valence electrons. The lowest BCUT2D eigenvalue weighted by Crippen LogP contribution is -2.53. The summed E-state index contributed by atoms with van der Waals surface area (Å²) < 4.78 is 0. The fourth-order valence-electron chi connectivity index (χ4n) is 8.81. The summed E-state index contributed by atoms with van der Waals surface area (Å²) >= 11 is 5.63. The first-order valence-electron chi connectivity index (χ1n) is 11.5. The van der Waals surface area contributed by atoms with E-state index >= 15 is 0 Å². The molecular formula is C24H39ClO. The molecule has 1 nitrogen and oxygen atoms in total. The van der Waals surface area contributed by atoms with Crippen LogP contribution in [0.15, 0.2) is 0 Å². The van der Waals surface area contributed by atoms with Crippen molar-refractivity contribution in [3.05, 3.63) is 0 Å². The van der Waals surface area contributed by atoms with E-state index in [1.54, 1.807) is 0 Å². The minimum Gasteiger partial charge on any atom is -0.281 e. The van der Waals surface area contributed by atoms with Gasteiger partial charge in [-0.1, -0.05) is 33.6 Å². The van der Waals surface area contributed by atoms with E-state index in [2.05, 4.69) is 20.8 Å². The molecule has 0 bridgehead atoms. The molecule has 0 radical (unpaired) electrons. The predicted molar refractivity (Wildman–Crippen MR) is 109 cm³/mol. The van der Waals surface area contributed by atoms with Crippen LogP contribution in [0.1, 0.15) is 97.8 Å². The first-order valence-corrected chi connectivity index (χ1v) is 11.9. The molecule has 0 spiro atoms. The van der Waals surface area contributed by atoms with Gasteiger partial charge in [0.15, 0.2) is 0 Å². The van der Waals surface area contributed by atoms with Crippen molar-refractivity contribution in [1.82, 2.24) is 0 Å². The van der Waals surface area contributed by atoms with Crippen LogP contribution in [-0.4, -0.2) is 5.24 Å². The molecular weight excluding hydrogens is 340 g/mol. The zero-order valence-corrected chi connectivity index (χ0v) is 18.0. The molecule has 4 fully saturated rings. The Balaban J connectivity index is 1.52. The lowest BCUT2D eigenvalue weighted by molar-refractivity contribution is -0.116. The molecule has 0 unspecified atom stereocenters. The summed E-state index contributed by atoms with van der Waals surface area (Å²) in [5.41, 5.74) is 1.17. The van der Waals surface area contributed by atoms with E-state index in [0.717, 1.165) is 36.0 Å². The third-order valence-corrected chi connectivity index (χ3v) is 10.3. The van der Waals surface area contributed by atoms with E-state index in [-0.39, 0.29) is 5.24 Å². The summed E-state index contributed by atoms with van der Waals surface area (Å²) in [5.74, 6) is 5.40. The first-order chi connectivity index (χ1) is 12.4. The Bertz CT molecular complexity index is 544. The molecule has 8 atom stereocenters. The average Bonchev–Trinajstić information content (AvgIpc) is 2.96. The Morgan fingerprint density at radius 2 is 1.73 bits per heavy atom. The van der Waals surface area contributed by atoms with Crippen molar-refractivity contribution in [2.45, 2.75) is 97.8 Å². The molecule has 0 aromatic rings. The zero-order valence-electron chi connectivity index (χ0n) is 17.2. The van der Waals surface area contributed by atoms with Crippen LogP contribution in [0.2, 0.25) is 0 Å². The third-order valence-electron chi connectivity index (χ3n) is 10.1. The van der Waals surface area contributed by atoms with Gasteiger partial charge in [-0.15, -0.1) is 0 Å². The van der Waals surface area contributed by atoms with E-state index in [9.17, 15) is 4.79 Å². The number of carbonyl (C=O) groups is 1. The zero-order chi connectivity index (χ0) is 18.5. The number of hydrogen-bond acceptors (Lipinski definition) is 1. The first kappa shape index (κ1) is 19.3. The molecule has 0 aliphatic heterocycles. The highest BCUT2D eigenvalue weighted by Crippen LogP contribution is 2.68. The van der Waals surface area contributed by atoms with Gasteiger partial charge in [-0.25, -0.2) is 0 Å². The van der Waals surface area contributed by atoms with Crippen LogP contribution < -0.4 is 0 Å². The summed E-state index contributed by atoms with van der Waals surface area (Å²) in [6.07, 6.45) is 16.3. The molecule has 4 aliphatic carbocycles. The van der Waals surface area contributed by atoms with Gasteiger partial charge in [-0.2, -0.15) is 0 Å². The second-order valence-electron chi connectivity index (χ2n) is 11.0. The molecule has 0 aromatic carbocycles. The van der Waals surface area contributed by atoms with Gasteiger partial charge in [0.1, 0.15) is 0 Å². The van der Waals surface area contributed by atoms with Gasteiger partial charge in [0, 0.05) is 6.42 Å². The molecule has 0 N–H and O–H groups in total. The molecule has 0 aromatic heterocycles. The third kappa shape index (κ3) is 2.99. The lowest BCUT2D eigenvalue weighted by Gasteiger charge is -2.61. The van der Waals surface area contributed by atoms with Gasteiger partial charge in [-0.05, 0) is 116 Å². The molecule has 0 amide bonds. The van der Waals surface area contributed by atoms with Crippen LogP contribution in [0.3, 0.4) is 0 Å². The molecule has 2 heteroatoms. The fourth-order valence-corrected chi connectivity index (χ4v) is 8.92. The standard InChI is InChI=1S/C24H39ClO/c1-16(7-12-22(25)26)19-10-11-20-18-9-8-17-6-4-5-14-23(17,2)21(18)13-15-24(19,20)3/h16-21H,4-15H2,1-3H3/t16-,17+,18+,19-,20+,21+,23+,24-/m1/s1. The fraction of sp³-hybridized carbons (Fsp3) is 0.958. The maximum atomic E-state index is 11.2. The normalized spacial score (nSPS) is 49.0. The van der Waals surface area contributed by atoms with Crippen molar-refractivity contribution in [1.29, 1.82) is 0 Å². The van der Waals surface area contributed by atoms with Crippen molar-refractivity contribution in [3.8, 4) is 0 Å².